The zero-order chi connectivity index (χ0) is 21.6. The number of nitrogens with zero attached hydrogens (tertiary/aromatic N) is 2. The maximum Gasteiger partial charge on any atom is 0.273 e. The summed E-state index contributed by atoms with van der Waals surface area (Å²) < 4.78 is 23.7. The summed E-state index contributed by atoms with van der Waals surface area (Å²) in [5.41, 5.74) is 2.00. The molecule has 0 saturated carbocycles. The molecule has 1 amide bonds. The van der Waals surface area contributed by atoms with Gasteiger partial charge in [0, 0.05) is 18.2 Å². The van der Waals surface area contributed by atoms with Crippen molar-refractivity contribution in [2.24, 2.45) is 0 Å². The normalized spacial score (nSPS) is 15.4. The van der Waals surface area contributed by atoms with Gasteiger partial charge >= 0.3 is 0 Å². The summed E-state index contributed by atoms with van der Waals surface area (Å²) >= 11 is 0. The van der Waals surface area contributed by atoms with Crippen LogP contribution in [0.2, 0.25) is 0 Å². The van der Waals surface area contributed by atoms with Gasteiger partial charge in [-0.25, -0.2) is 4.39 Å². The highest BCUT2D eigenvalue weighted by Crippen LogP contribution is 2.26. The fourth-order valence-electron chi connectivity index (χ4n) is 3.93. The fraction of sp³-hybridized carbons (Fsp3) is 0.333. The van der Waals surface area contributed by atoms with E-state index >= 15 is 0 Å². The van der Waals surface area contributed by atoms with Crippen LogP contribution in [0.4, 0.5) is 4.39 Å². The van der Waals surface area contributed by atoms with Gasteiger partial charge in [0.25, 0.3) is 5.91 Å². The Morgan fingerprint density at radius 3 is 2.52 bits per heavy atom. The number of hydrogen-bond donors (Lipinski definition) is 1. The van der Waals surface area contributed by atoms with Gasteiger partial charge in [0.1, 0.15) is 11.6 Å². The third-order valence-electron chi connectivity index (χ3n) is 5.66. The number of amides is 1. The third-order valence-corrected chi connectivity index (χ3v) is 5.66. The molecule has 31 heavy (non-hydrogen) atoms. The first-order valence-corrected chi connectivity index (χ1v) is 10.5. The van der Waals surface area contributed by atoms with Crippen LogP contribution in [0.25, 0.3) is 11.3 Å². The topological polar surface area (TPSA) is 67.6 Å². The van der Waals surface area contributed by atoms with Gasteiger partial charge in [-0.05, 0) is 67.9 Å². The van der Waals surface area contributed by atoms with Crippen LogP contribution in [-0.4, -0.2) is 42.7 Å². The summed E-state index contributed by atoms with van der Waals surface area (Å²) in [6, 6.07) is 15.5. The van der Waals surface area contributed by atoms with Gasteiger partial charge in [0.2, 0.25) is 0 Å². The molecule has 4 rings (SSSR count). The third kappa shape index (κ3) is 5.11. The van der Waals surface area contributed by atoms with Crippen LogP contribution in [0, 0.1) is 5.82 Å². The summed E-state index contributed by atoms with van der Waals surface area (Å²) in [5.74, 6) is 0.602. The molecule has 3 aromatic rings. The minimum absolute atomic E-state index is 0.0682. The smallest absolute Gasteiger partial charge is 0.273 e. The number of piperidine rings is 1. The van der Waals surface area contributed by atoms with E-state index in [-0.39, 0.29) is 23.5 Å². The van der Waals surface area contributed by atoms with Gasteiger partial charge in [-0.3, -0.25) is 9.69 Å². The van der Waals surface area contributed by atoms with Crippen molar-refractivity contribution in [1.82, 2.24) is 15.4 Å². The maximum absolute atomic E-state index is 13.1. The predicted molar refractivity (Wildman–Crippen MR) is 115 cm³/mol. The zero-order valence-corrected chi connectivity index (χ0v) is 17.5. The molecule has 0 radical (unpaired) electrons. The first-order valence-electron chi connectivity index (χ1n) is 10.5. The maximum atomic E-state index is 13.1. The van der Waals surface area contributed by atoms with Gasteiger partial charge in [-0.15, -0.1) is 0 Å². The summed E-state index contributed by atoms with van der Waals surface area (Å²) in [4.78, 5) is 15.1. The van der Waals surface area contributed by atoms with E-state index < -0.39 is 0 Å². The second kappa shape index (κ2) is 9.75. The number of methoxy groups -OCH3 is 1. The molecule has 1 aliphatic heterocycles. The van der Waals surface area contributed by atoms with Gasteiger partial charge in [0.05, 0.1) is 13.2 Å². The van der Waals surface area contributed by atoms with E-state index in [0.29, 0.717) is 17.9 Å². The predicted octanol–water partition coefficient (Wildman–Crippen LogP) is 4.45. The Balaban J connectivity index is 1.46. The second-order valence-corrected chi connectivity index (χ2v) is 7.68. The number of nitrogens with one attached hydrogen (secondary N) is 1. The zero-order valence-electron chi connectivity index (χ0n) is 17.5. The molecule has 1 fully saturated rings. The van der Waals surface area contributed by atoms with Crippen LogP contribution in [0.3, 0.4) is 0 Å². The van der Waals surface area contributed by atoms with Gasteiger partial charge in [-0.2, -0.15) is 0 Å². The van der Waals surface area contributed by atoms with Crippen molar-refractivity contribution in [1.29, 1.82) is 0 Å². The Hall–Kier alpha value is -3.19. The van der Waals surface area contributed by atoms with Gasteiger partial charge in [-0.1, -0.05) is 23.7 Å². The van der Waals surface area contributed by atoms with E-state index in [1.54, 1.807) is 25.3 Å². The van der Waals surface area contributed by atoms with Crippen molar-refractivity contribution >= 4 is 5.91 Å². The number of hydrogen-bond acceptors (Lipinski definition) is 5. The molecule has 0 aliphatic carbocycles. The highest BCUT2D eigenvalue weighted by molar-refractivity contribution is 5.93. The molecule has 0 bridgehead atoms. The Morgan fingerprint density at radius 2 is 1.84 bits per heavy atom. The average Bonchev–Trinajstić information content (AvgIpc) is 3.31. The summed E-state index contributed by atoms with van der Waals surface area (Å²) in [5, 5.41) is 6.89. The van der Waals surface area contributed by atoms with Crippen molar-refractivity contribution in [3.8, 4) is 17.1 Å². The molecule has 2 aromatic carbocycles. The van der Waals surface area contributed by atoms with Crippen LogP contribution in [0.15, 0.2) is 59.1 Å². The lowest BCUT2D eigenvalue weighted by molar-refractivity contribution is 0.0915. The Labute approximate surface area is 181 Å². The van der Waals surface area contributed by atoms with Crippen molar-refractivity contribution < 1.29 is 18.4 Å². The molecule has 6 nitrogen and oxygen atoms in total. The first-order chi connectivity index (χ1) is 15.1. The molecule has 7 heteroatoms. The molecule has 1 saturated heterocycles. The van der Waals surface area contributed by atoms with E-state index in [2.05, 4.69) is 15.4 Å². The van der Waals surface area contributed by atoms with Crippen LogP contribution in [-0.2, 0) is 0 Å². The van der Waals surface area contributed by atoms with Gasteiger partial charge in [0.15, 0.2) is 11.5 Å². The average molecular weight is 423 g/mol. The van der Waals surface area contributed by atoms with Crippen LogP contribution in [0.1, 0.15) is 41.4 Å². The van der Waals surface area contributed by atoms with Crippen molar-refractivity contribution in [3.63, 3.8) is 0 Å². The lowest BCUT2D eigenvalue weighted by Crippen LogP contribution is -2.40. The number of carbonyl (C=O) groups is 1. The molecule has 1 aromatic heterocycles. The number of rotatable bonds is 7. The second-order valence-electron chi connectivity index (χ2n) is 7.68. The molecule has 1 N–H and O–H groups in total. The Kier molecular flexibility index (Phi) is 6.62. The summed E-state index contributed by atoms with van der Waals surface area (Å²) in [6.07, 6.45) is 3.55. The standard InChI is InChI=1S/C24H26FN3O3/c1-30-20-11-7-17(8-12-20)22(28-13-3-2-4-14-28)16-26-24(29)21-15-23(31-27-21)18-5-9-19(25)10-6-18/h5-12,15,22H,2-4,13-14,16H2,1H3,(H,26,29). The minimum atomic E-state index is -0.330. The minimum Gasteiger partial charge on any atom is -0.497 e. The molecule has 162 valence electrons. The molecule has 1 aliphatic rings. The lowest BCUT2D eigenvalue weighted by Gasteiger charge is -2.35. The van der Waals surface area contributed by atoms with Crippen molar-refractivity contribution in [2.75, 3.05) is 26.7 Å². The van der Waals surface area contributed by atoms with Crippen LogP contribution >= 0.6 is 0 Å². The van der Waals surface area contributed by atoms with Crippen LogP contribution < -0.4 is 10.1 Å². The summed E-state index contributed by atoms with van der Waals surface area (Å²) in [7, 11) is 1.65. The van der Waals surface area contributed by atoms with E-state index in [0.717, 1.165) is 37.2 Å². The molecule has 2 heterocycles. The van der Waals surface area contributed by atoms with E-state index in [1.165, 1.54) is 18.6 Å². The van der Waals surface area contributed by atoms with Crippen molar-refractivity contribution in [3.05, 3.63) is 71.7 Å². The van der Waals surface area contributed by atoms with E-state index in [9.17, 15) is 9.18 Å². The Bertz CT molecular complexity index is 996. The number of aromatic nitrogens is 1. The number of benzene rings is 2. The first kappa shape index (κ1) is 21.1. The summed E-state index contributed by atoms with van der Waals surface area (Å²) in [6.45, 7) is 2.47. The number of halogens is 1. The van der Waals surface area contributed by atoms with E-state index in [4.69, 9.17) is 9.26 Å². The highest BCUT2D eigenvalue weighted by Gasteiger charge is 2.24. The molecular weight excluding hydrogens is 397 g/mol. The van der Waals surface area contributed by atoms with E-state index in [1.807, 2.05) is 24.3 Å². The van der Waals surface area contributed by atoms with Gasteiger partial charge < -0.3 is 14.6 Å². The molecule has 1 unspecified atom stereocenters. The monoisotopic (exact) mass is 423 g/mol. The number of carbonyl (C=O) groups excluding carboxylic acids is 1. The number of likely N-dealkylation sites (tertiary alicyclic amines) is 1. The van der Waals surface area contributed by atoms with Crippen molar-refractivity contribution in [2.45, 2.75) is 25.3 Å². The largest absolute Gasteiger partial charge is 0.497 e. The Morgan fingerprint density at radius 1 is 1.13 bits per heavy atom. The lowest BCUT2D eigenvalue weighted by atomic mass is 10.0. The number of ether oxygens (including phenoxy) is 1. The molecule has 0 spiro atoms. The molecular formula is C24H26FN3O3. The SMILES string of the molecule is COc1ccc(C(CNC(=O)c2cc(-c3ccc(F)cc3)on2)N2CCCCC2)cc1. The highest BCUT2D eigenvalue weighted by atomic mass is 19.1. The molecule has 1 atom stereocenters. The van der Waals surface area contributed by atoms with Crippen LogP contribution in [0.5, 0.6) is 5.75 Å². The quantitative estimate of drug-likeness (QED) is 0.608. The fourth-order valence-corrected chi connectivity index (χ4v) is 3.93.